The Labute approximate surface area is 131 Å². The van der Waals surface area contributed by atoms with Gasteiger partial charge in [0, 0.05) is 26.2 Å². The Balaban J connectivity index is 2.22. The van der Waals surface area contributed by atoms with Gasteiger partial charge in [-0.2, -0.15) is 0 Å². The minimum absolute atomic E-state index is 0.0693. The topological polar surface area (TPSA) is 26.3 Å². The SMILES string of the molecule is COc1ccc(C(C)=O)cc1CSc1ccccc1Br. The molecule has 4 heteroatoms. The van der Waals surface area contributed by atoms with Crippen molar-refractivity contribution in [1.29, 1.82) is 0 Å². The summed E-state index contributed by atoms with van der Waals surface area (Å²) in [6.45, 7) is 1.58. The summed E-state index contributed by atoms with van der Waals surface area (Å²) in [5, 5.41) is 0. The van der Waals surface area contributed by atoms with Crippen LogP contribution in [0.3, 0.4) is 0 Å². The van der Waals surface area contributed by atoms with Crippen LogP contribution in [0.2, 0.25) is 0 Å². The van der Waals surface area contributed by atoms with Crippen LogP contribution >= 0.6 is 27.7 Å². The minimum Gasteiger partial charge on any atom is -0.496 e. The molecule has 20 heavy (non-hydrogen) atoms. The summed E-state index contributed by atoms with van der Waals surface area (Å²) in [5.74, 6) is 1.64. The van der Waals surface area contributed by atoms with Gasteiger partial charge < -0.3 is 4.74 Å². The molecule has 2 rings (SSSR count). The van der Waals surface area contributed by atoms with E-state index in [-0.39, 0.29) is 5.78 Å². The first-order valence-corrected chi connectivity index (χ1v) is 7.95. The van der Waals surface area contributed by atoms with Gasteiger partial charge in [0.1, 0.15) is 5.75 Å². The number of rotatable bonds is 5. The number of methoxy groups -OCH3 is 1. The minimum atomic E-state index is 0.0693. The van der Waals surface area contributed by atoms with Crippen LogP contribution in [-0.4, -0.2) is 12.9 Å². The zero-order valence-corrected chi connectivity index (χ0v) is 13.8. The van der Waals surface area contributed by atoms with Crippen molar-refractivity contribution in [3.8, 4) is 5.75 Å². The molecule has 2 aromatic rings. The molecule has 0 aliphatic carbocycles. The quantitative estimate of drug-likeness (QED) is 0.563. The van der Waals surface area contributed by atoms with Crippen molar-refractivity contribution in [2.75, 3.05) is 7.11 Å². The van der Waals surface area contributed by atoms with E-state index in [2.05, 4.69) is 22.0 Å². The third-order valence-electron chi connectivity index (χ3n) is 2.91. The van der Waals surface area contributed by atoms with Crippen molar-refractivity contribution < 1.29 is 9.53 Å². The molecule has 2 aromatic carbocycles. The Hall–Kier alpha value is -1.26. The number of ether oxygens (including phenoxy) is 1. The summed E-state index contributed by atoms with van der Waals surface area (Å²) in [6.07, 6.45) is 0. The van der Waals surface area contributed by atoms with Gasteiger partial charge in [-0.3, -0.25) is 4.79 Å². The van der Waals surface area contributed by atoms with Crippen molar-refractivity contribution in [3.05, 3.63) is 58.1 Å². The van der Waals surface area contributed by atoms with Crippen molar-refractivity contribution >= 4 is 33.5 Å². The zero-order chi connectivity index (χ0) is 14.5. The summed E-state index contributed by atoms with van der Waals surface area (Å²) < 4.78 is 6.44. The Morgan fingerprint density at radius 2 is 2.00 bits per heavy atom. The molecule has 0 aliphatic rings. The number of thioether (sulfide) groups is 1. The van der Waals surface area contributed by atoms with E-state index in [9.17, 15) is 4.79 Å². The molecular formula is C16H15BrO2S. The number of benzene rings is 2. The van der Waals surface area contributed by atoms with E-state index in [1.807, 2.05) is 30.3 Å². The monoisotopic (exact) mass is 350 g/mol. The second kappa shape index (κ2) is 6.95. The van der Waals surface area contributed by atoms with Crippen LogP contribution in [0.4, 0.5) is 0 Å². The Morgan fingerprint density at radius 1 is 1.25 bits per heavy atom. The van der Waals surface area contributed by atoms with Gasteiger partial charge >= 0.3 is 0 Å². The van der Waals surface area contributed by atoms with Crippen LogP contribution in [-0.2, 0) is 5.75 Å². The molecule has 0 radical (unpaired) electrons. The zero-order valence-electron chi connectivity index (χ0n) is 11.4. The summed E-state index contributed by atoms with van der Waals surface area (Å²) in [4.78, 5) is 12.6. The fourth-order valence-corrected chi connectivity index (χ4v) is 3.37. The van der Waals surface area contributed by atoms with Gasteiger partial charge in [0.2, 0.25) is 0 Å². The molecule has 0 spiro atoms. The van der Waals surface area contributed by atoms with Crippen LogP contribution in [0.25, 0.3) is 0 Å². The molecule has 0 atom stereocenters. The van der Waals surface area contributed by atoms with Gasteiger partial charge in [0.25, 0.3) is 0 Å². The molecule has 2 nitrogen and oxygen atoms in total. The normalized spacial score (nSPS) is 10.3. The van der Waals surface area contributed by atoms with Gasteiger partial charge in [-0.15, -0.1) is 11.8 Å². The van der Waals surface area contributed by atoms with Crippen LogP contribution in [0, 0.1) is 0 Å². The summed E-state index contributed by atoms with van der Waals surface area (Å²) in [6, 6.07) is 13.6. The highest BCUT2D eigenvalue weighted by Crippen LogP contribution is 2.32. The first-order valence-electron chi connectivity index (χ1n) is 6.17. The number of carbonyl (C=O) groups is 1. The van der Waals surface area contributed by atoms with E-state index in [0.717, 1.165) is 21.5 Å². The van der Waals surface area contributed by atoms with Crippen molar-refractivity contribution in [1.82, 2.24) is 0 Å². The standard InChI is InChI=1S/C16H15BrO2S/c1-11(18)12-7-8-15(19-2)13(9-12)10-20-16-6-4-3-5-14(16)17/h3-9H,10H2,1-2H3. The van der Waals surface area contributed by atoms with E-state index in [1.165, 1.54) is 4.90 Å². The largest absolute Gasteiger partial charge is 0.496 e. The van der Waals surface area contributed by atoms with Gasteiger partial charge in [0.15, 0.2) is 5.78 Å². The van der Waals surface area contributed by atoms with E-state index in [1.54, 1.807) is 31.9 Å². The lowest BCUT2D eigenvalue weighted by molar-refractivity contribution is 0.101. The lowest BCUT2D eigenvalue weighted by Gasteiger charge is -2.10. The summed E-state index contributed by atoms with van der Waals surface area (Å²) in [7, 11) is 1.65. The lowest BCUT2D eigenvalue weighted by Crippen LogP contribution is -1.97. The van der Waals surface area contributed by atoms with Gasteiger partial charge in [-0.1, -0.05) is 12.1 Å². The molecule has 104 valence electrons. The van der Waals surface area contributed by atoms with Crippen molar-refractivity contribution in [2.24, 2.45) is 0 Å². The molecule has 0 saturated heterocycles. The van der Waals surface area contributed by atoms with Gasteiger partial charge in [-0.25, -0.2) is 0 Å². The van der Waals surface area contributed by atoms with E-state index < -0.39 is 0 Å². The maximum Gasteiger partial charge on any atom is 0.159 e. The van der Waals surface area contributed by atoms with Gasteiger partial charge in [-0.05, 0) is 53.2 Å². The Morgan fingerprint density at radius 3 is 2.65 bits per heavy atom. The second-order valence-electron chi connectivity index (χ2n) is 4.30. The Kier molecular flexibility index (Phi) is 5.26. The third-order valence-corrected chi connectivity index (χ3v) is 4.98. The van der Waals surface area contributed by atoms with Crippen LogP contribution in [0.15, 0.2) is 51.8 Å². The lowest BCUT2D eigenvalue weighted by atomic mass is 10.1. The van der Waals surface area contributed by atoms with Crippen LogP contribution in [0.1, 0.15) is 22.8 Å². The number of halogens is 1. The first kappa shape index (κ1) is 15.1. The fourth-order valence-electron chi connectivity index (χ4n) is 1.83. The van der Waals surface area contributed by atoms with Crippen molar-refractivity contribution in [2.45, 2.75) is 17.6 Å². The molecular weight excluding hydrogens is 336 g/mol. The summed E-state index contributed by atoms with van der Waals surface area (Å²) in [5.41, 5.74) is 1.74. The molecule has 0 fully saturated rings. The van der Waals surface area contributed by atoms with Crippen LogP contribution < -0.4 is 4.74 Å². The molecule has 0 N–H and O–H groups in total. The summed E-state index contributed by atoms with van der Waals surface area (Å²) >= 11 is 5.25. The smallest absolute Gasteiger partial charge is 0.159 e. The number of hydrogen-bond donors (Lipinski definition) is 0. The molecule has 0 aliphatic heterocycles. The molecule has 0 aromatic heterocycles. The maximum absolute atomic E-state index is 11.5. The highest BCUT2D eigenvalue weighted by Gasteiger charge is 2.08. The molecule has 0 heterocycles. The second-order valence-corrected chi connectivity index (χ2v) is 6.17. The molecule has 0 amide bonds. The number of carbonyl (C=O) groups excluding carboxylic acids is 1. The highest BCUT2D eigenvalue weighted by atomic mass is 79.9. The molecule has 0 bridgehead atoms. The predicted molar refractivity (Wildman–Crippen MR) is 86.7 cm³/mol. The van der Waals surface area contributed by atoms with Crippen LogP contribution in [0.5, 0.6) is 5.75 Å². The average molecular weight is 351 g/mol. The average Bonchev–Trinajstić information content (AvgIpc) is 2.46. The van der Waals surface area contributed by atoms with E-state index in [0.29, 0.717) is 5.56 Å². The third kappa shape index (κ3) is 3.64. The fraction of sp³-hybridized carbons (Fsp3) is 0.188. The maximum atomic E-state index is 11.5. The Bertz CT molecular complexity index is 626. The number of ketones is 1. The molecule has 0 saturated carbocycles. The highest BCUT2D eigenvalue weighted by molar-refractivity contribution is 9.10. The van der Waals surface area contributed by atoms with E-state index in [4.69, 9.17) is 4.74 Å². The predicted octanol–water partition coefficient (Wildman–Crippen LogP) is 4.95. The number of hydrogen-bond acceptors (Lipinski definition) is 3. The molecule has 0 unspecified atom stereocenters. The first-order chi connectivity index (χ1) is 9.61. The van der Waals surface area contributed by atoms with E-state index >= 15 is 0 Å². The van der Waals surface area contributed by atoms with Crippen molar-refractivity contribution in [3.63, 3.8) is 0 Å². The van der Waals surface area contributed by atoms with Gasteiger partial charge in [0.05, 0.1) is 7.11 Å². The number of Topliss-reactive ketones (excluding diaryl/α,β-unsaturated/α-hetero) is 1.